The number of rotatable bonds is 2. The van der Waals surface area contributed by atoms with Crippen molar-refractivity contribution >= 4 is 6.29 Å². The van der Waals surface area contributed by atoms with Crippen LogP contribution in [-0.4, -0.2) is 42.0 Å². The summed E-state index contributed by atoms with van der Waals surface area (Å²) in [5, 5.41) is 4.57. The van der Waals surface area contributed by atoms with Crippen LogP contribution in [0.4, 0.5) is 0 Å². The second kappa shape index (κ2) is 4.41. The van der Waals surface area contributed by atoms with Crippen LogP contribution in [0.2, 0.25) is 0 Å². The molecule has 0 aromatic heterocycles. The summed E-state index contributed by atoms with van der Waals surface area (Å²) >= 11 is 0. The van der Waals surface area contributed by atoms with Crippen molar-refractivity contribution < 1.29 is 4.79 Å². The van der Waals surface area contributed by atoms with Crippen LogP contribution >= 0.6 is 0 Å². The van der Waals surface area contributed by atoms with E-state index in [4.69, 9.17) is 0 Å². The minimum absolute atomic E-state index is 0.156. The van der Waals surface area contributed by atoms with Crippen molar-refractivity contribution in [1.82, 2.24) is 10.0 Å². The highest BCUT2D eigenvalue weighted by Gasteiger charge is 2.34. The molecule has 1 aliphatic carbocycles. The third kappa shape index (κ3) is 1.84. The Labute approximate surface area is 86.0 Å². The molecule has 1 saturated heterocycles. The summed E-state index contributed by atoms with van der Waals surface area (Å²) < 4.78 is 0. The van der Waals surface area contributed by atoms with Gasteiger partial charge in [-0.3, -0.25) is 0 Å². The minimum atomic E-state index is 0.156. The summed E-state index contributed by atoms with van der Waals surface area (Å²) in [7, 11) is 2.11. The minimum Gasteiger partial charge on any atom is -0.302 e. The Morgan fingerprint density at radius 3 is 2.50 bits per heavy atom. The lowest BCUT2D eigenvalue weighted by Crippen LogP contribution is -2.47. The Morgan fingerprint density at radius 1 is 1.14 bits per heavy atom. The predicted octanol–water partition coefficient (Wildman–Crippen LogP) is 1.44. The van der Waals surface area contributed by atoms with Gasteiger partial charge in [-0.2, -0.15) is 0 Å². The molecule has 3 heteroatoms. The SMILES string of the molecule is CN1CCC(C=O)N1C1CCCCC1. The van der Waals surface area contributed by atoms with Crippen molar-refractivity contribution in [3.63, 3.8) is 0 Å². The molecule has 1 saturated carbocycles. The highest BCUT2D eigenvalue weighted by molar-refractivity contribution is 5.58. The van der Waals surface area contributed by atoms with E-state index in [1.54, 1.807) is 0 Å². The highest BCUT2D eigenvalue weighted by Crippen LogP contribution is 2.28. The molecular formula is C11H20N2O. The van der Waals surface area contributed by atoms with Gasteiger partial charge >= 0.3 is 0 Å². The zero-order valence-corrected chi connectivity index (χ0v) is 8.98. The fourth-order valence-corrected chi connectivity index (χ4v) is 2.85. The molecule has 1 aliphatic heterocycles. The van der Waals surface area contributed by atoms with E-state index in [1.165, 1.54) is 32.1 Å². The number of carbonyl (C=O) groups is 1. The van der Waals surface area contributed by atoms with Crippen LogP contribution in [0.25, 0.3) is 0 Å². The topological polar surface area (TPSA) is 23.6 Å². The van der Waals surface area contributed by atoms with Gasteiger partial charge in [0.1, 0.15) is 6.29 Å². The first kappa shape index (κ1) is 10.1. The van der Waals surface area contributed by atoms with E-state index in [1.807, 2.05) is 0 Å². The van der Waals surface area contributed by atoms with Crippen LogP contribution < -0.4 is 0 Å². The lowest BCUT2D eigenvalue weighted by molar-refractivity contribution is -0.118. The maximum atomic E-state index is 10.9. The Kier molecular flexibility index (Phi) is 3.19. The Morgan fingerprint density at radius 2 is 1.86 bits per heavy atom. The molecule has 0 aromatic carbocycles. The number of hydrogen-bond donors (Lipinski definition) is 0. The lowest BCUT2D eigenvalue weighted by atomic mass is 9.94. The van der Waals surface area contributed by atoms with E-state index < -0.39 is 0 Å². The van der Waals surface area contributed by atoms with Crippen LogP contribution in [-0.2, 0) is 4.79 Å². The van der Waals surface area contributed by atoms with Gasteiger partial charge in [-0.15, -0.1) is 0 Å². The first-order chi connectivity index (χ1) is 6.83. The van der Waals surface area contributed by atoms with Crippen LogP contribution in [0.1, 0.15) is 38.5 Å². The molecule has 0 spiro atoms. The van der Waals surface area contributed by atoms with Crippen molar-refractivity contribution in [2.24, 2.45) is 0 Å². The normalized spacial score (nSPS) is 32.2. The molecule has 0 amide bonds. The van der Waals surface area contributed by atoms with Gasteiger partial charge in [-0.1, -0.05) is 19.3 Å². The lowest BCUT2D eigenvalue weighted by Gasteiger charge is -2.37. The maximum absolute atomic E-state index is 10.9. The molecule has 0 radical (unpaired) electrons. The van der Waals surface area contributed by atoms with E-state index in [2.05, 4.69) is 17.1 Å². The number of carbonyl (C=O) groups excluding carboxylic acids is 1. The van der Waals surface area contributed by atoms with Gasteiger partial charge in [0.15, 0.2) is 0 Å². The summed E-state index contributed by atoms with van der Waals surface area (Å²) in [5.41, 5.74) is 0. The van der Waals surface area contributed by atoms with E-state index in [9.17, 15) is 4.79 Å². The zero-order chi connectivity index (χ0) is 9.97. The molecule has 1 unspecified atom stereocenters. The summed E-state index contributed by atoms with van der Waals surface area (Å²) in [4.78, 5) is 10.9. The summed E-state index contributed by atoms with van der Waals surface area (Å²) in [6.07, 6.45) is 8.72. The fourth-order valence-electron chi connectivity index (χ4n) is 2.85. The number of hydrogen-bond acceptors (Lipinski definition) is 3. The first-order valence-electron chi connectivity index (χ1n) is 5.77. The molecule has 1 atom stereocenters. The van der Waals surface area contributed by atoms with Crippen LogP contribution in [0.15, 0.2) is 0 Å². The molecule has 3 nitrogen and oxygen atoms in total. The van der Waals surface area contributed by atoms with Crippen molar-refractivity contribution in [2.75, 3.05) is 13.6 Å². The standard InChI is InChI=1S/C11H20N2O/c1-12-8-7-11(9-14)13(12)10-5-3-2-4-6-10/h9-11H,2-8H2,1H3. The Bertz CT molecular complexity index is 201. The molecule has 2 aliphatic rings. The zero-order valence-electron chi connectivity index (χ0n) is 8.98. The van der Waals surface area contributed by atoms with Gasteiger partial charge in [-0.05, 0) is 19.3 Å². The molecule has 1 heterocycles. The molecular weight excluding hydrogens is 176 g/mol. The Balaban J connectivity index is 2.01. The fraction of sp³-hybridized carbons (Fsp3) is 0.909. The molecule has 0 aromatic rings. The second-order valence-corrected chi connectivity index (χ2v) is 4.55. The summed E-state index contributed by atoms with van der Waals surface area (Å²) in [5.74, 6) is 0. The van der Waals surface area contributed by atoms with Crippen molar-refractivity contribution in [2.45, 2.75) is 50.6 Å². The number of aldehydes is 1. The van der Waals surface area contributed by atoms with E-state index >= 15 is 0 Å². The Hall–Kier alpha value is -0.410. The average molecular weight is 196 g/mol. The summed E-state index contributed by atoms with van der Waals surface area (Å²) in [6, 6.07) is 0.787. The second-order valence-electron chi connectivity index (χ2n) is 4.55. The monoisotopic (exact) mass is 196 g/mol. The maximum Gasteiger partial charge on any atom is 0.138 e. The van der Waals surface area contributed by atoms with Crippen molar-refractivity contribution in [3.05, 3.63) is 0 Å². The third-order valence-corrected chi connectivity index (χ3v) is 3.59. The van der Waals surface area contributed by atoms with Gasteiger partial charge in [0, 0.05) is 19.6 Å². The largest absolute Gasteiger partial charge is 0.302 e. The molecule has 80 valence electrons. The smallest absolute Gasteiger partial charge is 0.138 e. The van der Waals surface area contributed by atoms with Gasteiger partial charge in [0.2, 0.25) is 0 Å². The number of hydrazine groups is 1. The molecule has 2 fully saturated rings. The molecule has 2 rings (SSSR count). The quantitative estimate of drug-likeness (QED) is 0.624. The van der Waals surface area contributed by atoms with Gasteiger partial charge < -0.3 is 4.79 Å². The van der Waals surface area contributed by atoms with E-state index in [0.717, 1.165) is 19.3 Å². The van der Waals surface area contributed by atoms with E-state index in [-0.39, 0.29) is 6.04 Å². The van der Waals surface area contributed by atoms with Crippen LogP contribution in [0.3, 0.4) is 0 Å². The number of nitrogens with zero attached hydrogens (tertiary/aromatic N) is 2. The van der Waals surface area contributed by atoms with E-state index in [0.29, 0.717) is 6.04 Å². The molecule has 0 bridgehead atoms. The van der Waals surface area contributed by atoms with Crippen molar-refractivity contribution in [3.8, 4) is 0 Å². The van der Waals surface area contributed by atoms with Crippen molar-refractivity contribution in [1.29, 1.82) is 0 Å². The van der Waals surface area contributed by atoms with Gasteiger partial charge in [0.25, 0.3) is 0 Å². The first-order valence-corrected chi connectivity index (χ1v) is 5.77. The predicted molar refractivity (Wildman–Crippen MR) is 55.8 cm³/mol. The average Bonchev–Trinajstić information content (AvgIpc) is 2.61. The summed E-state index contributed by atoms with van der Waals surface area (Å²) in [6.45, 7) is 1.04. The molecule has 14 heavy (non-hydrogen) atoms. The van der Waals surface area contributed by atoms with Gasteiger partial charge in [0.05, 0.1) is 6.04 Å². The van der Waals surface area contributed by atoms with Gasteiger partial charge in [-0.25, -0.2) is 10.0 Å². The highest BCUT2D eigenvalue weighted by atomic mass is 16.1. The third-order valence-electron chi connectivity index (χ3n) is 3.59. The van der Waals surface area contributed by atoms with Crippen LogP contribution in [0.5, 0.6) is 0 Å². The molecule has 0 N–H and O–H groups in total. The van der Waals surface area contributed by atoms with Crippen LogP contribution in [0, 0.1) is 0 Å².